The number of aryl methyl sites for hydroxylation is 1. The predicted molar refractivity (Wildman–Crippen MR) is 89.1 cm³/mol. The summed E-state index contributed by atoms with van der Waals surface area (Å²) in [5, 5.41) is 3.51. The summed E-state index contributed by atoms with van der Waals surface area (Å²) in [6, 6.07) is 10.8. The van der Waals surface area contributed by atoms with Gasteiger partial charge in [0, 0.05) is 25.5 Å². The Morgan fingerprint density at radius 1 is 1.35 bits per heavy atom. The topological polar surface area (TPSA) is 52.0 Å². The quantitative estimate of drug-likeness (QED) is 0.805. The van der Waals surface area contributed by atoms with Crippen LogP contribution in [0.3, 0.4) is 0 Å². The molecule has 1 aromatic carbocycles. The second-order valence-corrected chi connectivity index (χ2v) is 6.05. The fraction of sp³-hybridized carbons (Fsp3) is 0.333. The van der Waals surface area contributed by atoms with Crippen LogP contribution in [0.25, 0.3) is 11.0 Å². The molecule has 0 amide bonds. The Morgan fingerprint density at radius 2 is 2.30 bits per heavy atom. The molecule has 118 valence electrons. The molecule has 0 saturated carbocycles. The van der Waals surface area contributed by atoms with Gasteiger partial charge >= 0.3 is 0 Å². The molecule has 1 atom stereocenters. The Morgan fingerprint density at radius 3 is 3.17 bits per heavy atom. The summed E-state index contributed by atoms with van der Waals surface area (Å²) in [6.45, 7) is 5.06. The minimum Gasteiger partial charge on any atom is -0.371 e. The van der Waals surface area contributed by atoms with Crippen molar-refractivity contribution in [2.75, 3.05) is 13.2 Å². The van der Waals surface area contributed by atoms with E-state index in [0.29, 0.717) is 13.2 Å². The number of benzene rings is 1. The highest BCUT2D eigenvalue weighted by atomic mass is 16.5. The number of pyridine rings is 1. The van der Waals surface area contributed by atoms with Crippen molar-refractivity contribution in [3.05, 3.63) is 59.7 Å². The van der Waals surface area contributed by atoms with Crippen LogP contribution in [-0.2, 0) is 17.9 Å². The van der Waals surface area contributed by atoms with E-state index in [9.17, 15) is 0 Å². The predicted octanol–water partition coefficient (Wildman–Crippen LogP) is 2.60. The van der Waals surface area contributed by atoms with Gasteiger partial charge in [0.25, 0.3) is 0 Å². The molecule has 5 nitrogen and oxygen atoms in total. The molecule has 1 unspecified atom stereocenters. The van der Waals surface area contributed by atoms with Crippen LogP contribution in [0, 0.1) is 6.92 Å². The molecular formula is C18H20N4O. The van der Waals surface area contributed by atoms with Crippen molar-refractivity contribution in [3.8, 4) is 0 Å². The summed E-state index contributed by atoms with van der Waals surface area (Å²) >= 11 is 0. The maximum absolute atomic E-state index is 5.74. The number of imidazole rings is 1. The van der Waals surface area contributed by atoms with Gasteiger partial charge in [-0.05, 0) is 36.2 Å². The zero-order valence-corrected chi connectivity index (χ0v) is 13.2. The van der Waals surface area contributed by atoms with Crippen molar-refractivity contribution in [2.45, 2.75) is 26.1 Å². The first-order valence-corrected chi connectivity index (χ1v) is 7.96. The highest BCUT2D eigenvalue weighted by molar-refractivity contribution is 5.77. The summed E-state index contributed by atoms with van der Waals surface area (Å²) in [6.07, 6.45) is 3.69. The largest absolute Gasteiger partial charge is 0.371 e. The summed E-state index contributed by atoms with van der Waals surface area (Å²) in [4.78, 5) is 8.88. The number of aromatic nitrogens is 3. The van der Waals surface area contributed by atoms with E-state index in [1.165, 1.54) is 16.6 Å². The van der Waals surface area contributed by atoms with E-state index < -0.39 is 0 Å². The molecule has 0 saturated heterocycles. The van der Waals surface area contributed by atoms with Gasteiger partial charge in [0.2, 0.25) is 0 Å². The molecule has 2 aromatic heterocycles. The SMILES string of the molecule is Cc1ccc2c(c1)nc1n2C(CNCc2cccnc2)COC1. The van der Waals surface area contributed by atoms with Crippen LogP contribution in [-0.4, -0.2) is 27.7 Å². The van der Waals surface area contributed by atoms with E-state index in [2.05, 4.69) is 46.1 Å². The lowest BCUT2D eigenvalue weighted by atomic mass is 10.2. The average molecular weight is 308 g/mol. The van der Waals surface area contributed by atoms with Crippen molar-refractivity contribution >= 4 is 11.0 Å². The molecule has 5 heteroatoms. The van der Waals surface area contributed by atoms with E-state index in [1.54, 1.807) is 6.20 Å². The third kappa shape index (κ3) is 2.85. The number of hydrogen-bond acceptors (Lipinski definition) is 4. The highest BCUT2D eigenvalue weighted by Gasteiger charge is 2.23. The molecule has 3 heterocycles. The minimum atomic E-state index is 0.267. The van der Waals surface area contributed by atoms with Crippen molar-refractivity contribution < 1.29 is 4.74 Å². The molecule has 4 rings (SSSR count). The average Bonchev–Trinajstić information content (AvgIpc) is 2.94. The first-order valence-electron chi connectivity index (χ1n) is 7.96. The van der Waals surface area contributed by atoms with Crippen molar-refractivity contribution in [1.29, 1.82) is 0 Å². The molecule has 1 aliphatic heterocycles. The van der Waals surface area contributed by atoms with E-state index >= 15 is 0 Å². The molecule has 1 aliphatic rings. The normalized spacial score (nSPS) is 17.3. The van der Waals surface area contributed by atoms with E-state index in [4.69, 9.17) is 9.72 Å². The number of rotatable bonds is 4. The molecule has 0 aliphatic carbocycles. The van der Waals surface area contributed by atoms with Crippen molar-refractivity contribution in [2.24, 2.45) is 0 Å². The summed E-state index contributed by atoms with van der Waals surface area (Å²) in [5.41, 5.74) is 4.68. The number of hydrogen-bond donors (Lipinski definition) is 1. The number of fused-ring (bicyclic) bond motifs is 3. The lowest BCUT2D eigenvalue weighted by Gasteiger charge is -2.26. The first-order chi connectivity index (χ1) is 11.3. The monoisotopic (exact) mass is 308 g/mol. The van der Waals surface area contributed by atoms with Crippen LogP contribution in [0.4, 0.5) is 0 Å². The molecule has 3 aromatic rings. The van der Waals surface area contributed by atoms with E-state index in [1.807, 2.05) is 12.3 Å². The lowest BCUT2D eigenvalue weighted by molar-refractivity contribution is 0.0564. The van der Waals surface area contributed by atoms with E-state index in [-0.39, 0.29) is 6.04 Å². The summed E-state index contributed by atoms with van der Waals surface area (Å²) in [5.74, 6) is 1.02. The maximum atomic E-state index is 5.74. The fourth-order valence-electron chi connectivity index (χ4n) is 3.16. The highest BCUT2D eigenvalue weighted by Crippen LogP contribution is 2.26. The maximum Gasteiger partial charge on any atom is 0.136 e. The number of ether oxygens (including phenoxy) is 1. The zero-order valence-electron chi connectivity index (χ0n) is 13.2. The van der Waals surface area contributed by atoms with Gasteiger partial charge in [-0.15, -0.1) is 0 Å². The molecule has 1 N–H and O–H groups in total. The second-order valence-electron chi connectivity index (χ2n) is 6.05. The fourth-order valence-corrected chi connectivity index (χ4v) is 3.16. The van der Waals surface area contributed by atoms with Gasteiger partial charge in [-0.1, -0.05) is 12.1 Å². The van der Waals surface area contributed by atoms with E-state index in [0.717, 1.165) is 24.4 Å². The van der Waals surface area contributed by atoms with Crippen LogP contribution >= 0.6 is 0 Å². The molecule has 0 radical (unpaired) electrons. The van der Waals surface area contributed by atoms with Gasteiger partial charge in [0.15, 0.2) is 0 Å². The smallest absolute Gasteiger partial charge is 0.136 e. The van der Waals surface area contributed by atoms with Crippen LogP contribution in [0.5, 0.6) is 0 Å². The lowest BCUT2D eigenvalue weighted by Crippen LogP contribution is -2.32. The standard InChI is InChI=1S/C18H20N4O/c1-13-4-5-17-16(7-13)21-18-12-23-11-15(22(17)18)10-20-9-14-3-2-6-19-8-14/h2-8,15,20H,9-12H2,1H3. The third-order valence-electron chi connectivity index (χ3n) is 4.26. The Hall–Kier alpha value is -2.24. The number of nitrogens with zero attached hydrogens (tertiary/aromatic N) is 3. The van der Waals surface area contributed by atoms with Crippen LogP contribution in [0.2, 0.25) is 0 Å². The van der Waals surface area contributed by atoms with Crippen molar-refractivity contribution in [1.82, 2.24) is 19.9 Å². The summed E-state index contributed by atoms with van der Waals surface area (Å²) in [7, 11) is 0. The first kappa shape index (κ1) is 14.4. The number of nitrogens with one attached hydrogen (secondary N) is 1. The Balaban J connectivity index is 1.54. The zero-order chi connectivity index (χ0) is 15.6. The van der Waals surface area contributed by atoms with Crippen molar-refractivity contribution in [3.63, 3.8) is 0 Å². The molecule has 23 heavy (non-hydrogen) atoms. The second kappa shape index (κ2) is 6.10. The van der Waals surface area contributed by atoms with Gasteiger partial charge in [0.05, 0.1) is 23.7 Å². The molecule has 0 bridgehead atoms. The van der Waals surface area contributed by atoms with Gasteiger partial charge in [-0.25, -0.2) is 4.98 Å². The van der Waals surface area contributed by atoms with Crippen LogP contribution in [0.1, 0.15) is 23.0 Å². The van der Waals surface area contributed by atoms with Gasteiger partial charge in [-0.2, -0.15) is 0 Å². The Kier molecular flexibility index (Phi) is 3.81. The van der Waals surface area contributed by atoms with Gasteiger partial charge < -0.3 is 14.6 Å². The molecule has 0 fully saturated rings. The Bertz CT molecular complexity index is 813. The van der Waals surface area contributed by atoms with Crippen LogP contribution < -0.4 is 5.32 Å². The third-order valence-corrected chi connectivity index (χ3v) is 4.26. The van der Waals surface area contributed by atoms with Gasteiger partial charge in [-0.3, -0.25) is 4.98 Å². The van der Waals surface area contributed by atoms with Crippen LogP contribution in [0.15, 0.2) is 42.7 Å². The minimum absolute atomic E-state index is 0.267. The Labute approximate surface area is 135 Å². The summed E-state index contributed by atoms with van der Waals surface area (Å²) < 4.78 is 8.06. The molecular weight excluding hydrogens is 288 g/mol. The van der Waals surface area contributed by atoms with Gasteiger partial charge in [0.1, 0.15) is 12.4 Å². The molecule has 0 spiro atoms.